The number of sulfone groups is 1. The molecule has 1 aromatic carbocycles. The van der Waals surface area contributed by atoms with Crippen molar-refractivity contribution >= 4 is 27.2 Å². The van der Waals surface area contributed by atoms with Gasteiger partial charge in [0.1, 0.15) is 0 Å². The van der Waals surface area contributed by atoms with Crippen molar-refractivity contribution in [2.45, 2.75) is 13.3 Å². The van der Waals surface area contributed by atoms with E-state index in [9.17, 15) is 18.0 Å². The van der Waals surface area contributed by atoms with Crippen LogP contribution < -0.4 is 4.90 Å². The fourth-order valence-corrected chi connectivity index (χ4v) is 5.07. The van der Waals surface area contributed by atoms with Crippen LogP contribution in [0.25, 0.3) is 0 Å². The largest absolute Gasteiger partial charge is 0.368 e. The van der Waals surface area contributed by atoms with E-state index in [1.165, 1.54) is 0 Å². The van der Waals surface area contributed by atoms with Crippen LogP contribution >= 0.6 is 0 Å². The van der Waals surface area contributed by atoms with Crippen LogP contribution in [0.2, 0.25) is 0 Å². The number of anilines is 1. The summed E-state index contributed by atoms with van der Waals surface area (Å²) in [5, 5.41) is 0. The van der Waals surface area contributed by atoms with Crippen LogP contribution in [-0.2, 0) is 14.6 Å². The Labute approximate surface area is 142 Å². The van der Waals surface area contributed by atoms with Gasteiger partial charge in [-0.3, -0.25) is 9.59 Å². The maximum atomic E-state index is 12.5. The number of carbonyl (C=O) groups excluding carboxylic acids is 2. The minimum absolute atomic E-state index is 0.00143. The lowest BCUT2D eigenvalue weighted by molar-refractivity contribution is -0.135. The van der Waals surface area contributed by atoms with Gasteiger partial charge in [-0.25, -0.2) is 8.42 Å². The number of Topliss-reactive ketones (excluding diaryl/α,β-unsaturated/α-hetero) is 1. The summed E-state index contributed by atoms with van der Waals surface area (Å²) < 4.78 is 23.1. The highest BCUT2D eigenvalue weighted by Crippen LogP contribution is 2.23. The third-order valence-electron chi connectivity index (χ3n) is 4.81. The molecule has 1 aromatic rings. The molecular weight excluding hydrogens is 328 g/mol. The number of nitrogens with zero attached hydrogens (tertiary/aromatic N) is 2. The zero-order chi connectivity index (χ0) is 17.3. The van der Waals surface area contributed by atoms with Crippen molar-refractivity contribution in [3.05, 3.63) is 29.8 Å². The van der Waals surface area contributed by atoms with Crippen molar-refractivity contribution in [1.82, 2.24) is 4.90 Å². The topological polar surface area (TPSA) is 74.8 Å². The Kier molecular flexibility index (Phi) is 4.62. The van der Waals surface area contributed by atoms with Gasteiger partial charge in [0, 0.05) is 37.4 Å². The Morgan fingerprint density at radius 1 is 1.04 bits per heavy atom. The lowest BCUT2D eigenvalue weighted by atomic mass is 10.1. The minimum atomic E-state index is -3.03. The molecule has 0 aliphatic carbocycles. The minimum Gasteiger partial charge on any atom is -0.368 e. The number of amides is 1. The van der Waals surface area contributed by atoms with Crippen LogP contribution in [0.5, 0.6) is 0 Å². The summed E-state index contributed by atoms with van der Waals surface area (Å²) in [4.78, 5) is 27.7. The molecule has 1 amide bonds. The summed E-state index contributed by atoms with van der Waals surface area (Å²) >= 11 is 0. The second-order valence-electron chi connectivity index (χ2n) is 6.52. The first-order chi connectivity index (χ1) is 11.4. The van der Waals surface area contributed by atoms with Gasteiger partial charge in [0.2, 0.25) is 5.91 Å². The number of benzene rings is 1. The highest BCUT2D eigenvalue weighted by molar-refractivity contribution is 7.91. The maximum Gasteiger partial charge on any atom is 0.226 e. The molecule has 130 valence electrons. The maximum absolute atomic E-state index is 12.5. The number of rotatable bonds is 3. The molecule has 2 aliphatic rings. The average molecular weight is 350 g/mol. The van der Waals surface area contributed by atoms with Gasteiger partial charge in [-0.1, -0.05) is 0 Å². The molecule has 2 saturated heterocycles. The van der Waals surface area contributed by atoms with E-state index >= 15 is 0 Å². The number of hydrogen-bond acceptors (Lipinski definition) is 5. The molecule has 0 radical (unpaired) electrons. The molecule has 2 aliphatic heterocycles. The molecule has 1 atom stereocenters. The molecule has 2 heterocycles. The van der Waals surface area contributed by atoms with E-state index in [-0.39, 0.29) is 29.1 Å². The van der Waals surface area contributed by atoms with Gasteiger partial charge in [-0.15, -0.1) is 0 Å². The SMILES string of the molecule is CC(=O)c1ccc(N2CCN(C(=O)[C@@H]3CCS(=O)(=O)C3)CC2)cc1. The molecule has 3 rings (SSSR count). The summed E-state index contributed by atoms with van der Waals surface area (Å²) in [5.41, 5.74) is 1.73. The third kappa shape index (κ3) is 3.61. The fraction of sp³-hybridized carbons (Fsp3) is 0.529. The first kappa shape index (κ1) is 17.0. The summed E-state index contributed by atoms with van der Waals surface area (Å²) in [7, 11) is -3.03. The first-order valence-corrected chi connectivity index (χ1v) is 10.0. The van der Waals surface area contributed by atoms with Crippen LogP contribution in [-0.4, -0.2) is 62.7 Å². The van der Waals surface area contributed by atoms with E-state index in [0.29, 0.717) is 38.2 Å². The molecule has 0 unspecified atom stereocenters. The smallest absolute Gasteiger partial charge is 0.226 e. The van der Waals surface area contributed by atoms with Crippen molar-refractivity contribution in [1.29, 1.82) is 0 Å². The van der Waals surface area contributed by atoms with E-state index in [2.05, 4.69) is 4.90 Å². The highest BCUT2D eigenvalue weighted by atomic mass is 32.2. The summed E-state index contributed by atoms with van der Waals surface area (Å²) in [5.74, 6) is -0.215. The normalized spacial score (nSPS) is 23.3. The van der Waals surface area contributed by atoms with E-state index in [0.717, 1.165) is 5.69 Å². The Bertz CT molecular complexity index is 734. The average Bonchev–Trinajstić information content (AvgIpc) is 2.94. The molecule has 6 nitrogen and oxygen atoms in total. The predicted octanol–water partition coefficient (Wildman–Crippen LogP) is 0.972. The van der Waals surface area contributed by atoms with Crippen molar-refractivity contribution in [3.63, 3.8) is 0 Å². The van der Waals surface area contributed by atoms with Crippen LogP contribution in [0.4, 0.5) is 5.69 Å². The van der Waals surface area contributed by atoms with Crippen molar-refractivity contribution in [3.8, 4) is 0 Å². The van der Waals surface area contributed by atoms with Crippen LogP contribution in [0.15, 0.2) is 24.3 Å². The fourth-order valence-electron chi connectivity index (χ4n) is 3.34. The molecule has 0 bridgehead atoms. The van der Waals surface area contributed by atoms with E-state index in [4.69, 9.17) is 0 Å². The van der Waals surface area contributed by atoms with Gasteiger partial charge in [-0.05, 0) is 37.6 Å². The lowest BCUT2D eigenvalue weighted by Gasteiger charge is -2.37. The molecule has 0 spiro atoms. The van der Waals surface area contributed by atoms with Crippen LogP contribution in [0, 0.1) is 5.92 Å². The Morgan fingerprint density at radius 2 is 1.67 bits per heavy atom. The molecule has 2 fully saturated rings. The second-order valence-corrected chi connectivity index (χ2v) is 8.74. The van der Waals surface area contributed by atoms with Gasteiger partial charge >= 0.3 is 0 Å². The summed E-state index contributed by atoms with van der Waals surface area (Å²) in [6.07, 6.45) is 0.452. The molecule has 0 saturated carbocycles. The lowest BCUT2D eigenvalue weighted by Crippen LogP contribution is -2.50. The van der Waals surface area contributed by atoms with Crippen molar-refractivity contribution in [2.24, 2.45) is 5.92 Å². The second kappa shape index (κ2) is 6.55. The van der Waals surface area contributed by atoms with Gasteiger partial charge in [0.05, 0.1) is 17.4 Å². The van der Waals surface area contributed by atoms with Gasteiger partial charge in [-0.2, -0.15) is 0 Å². The quantitative estimate of drug-likeness (QED) is 0.760. The molecular formula is C17H22N2O4S. The van der Waals surface area contributed by atoms with Gasteiger partial charge < -0.3 is 9.80 Å². The standard InChI is InChI=1S/C17H22N2O4S/c1-13(20)14-2-4-16(5-3-14)18-7-9-19(10-8-18)17(21)15-6-11-24(22,23)12-15/h2-5,15H,6-12H2,1H3/t15-/m1/s1. The summed E-state index contributed by atoms with van der Waals surface area (Å²) in [6.45, 7) is 4.17. The van der Waals surface area contributed by atoms with Crippen LogP contribution in [0.3, 0.4) is 0 Å². The van der Waals surface area contributed by atoms with Crippen molar-refractivity contribution in [2.75, 3.05) is 42.6 Å². The number of carbonyl (C=O) groups is 2. The van der Waals surface area contributed by atoms with Gasteiger partial charge in [0.25, 0.3) is 0 Å². The number of ketones is 1. The predicted molar refractivity (Wildman–Crippen MR) is 92.0 cm³/mol. The van der Waals surface area contributed by atoms with E-state index in [1.807, 2.05) is 24.3 Å². The Hall–Kier alpha value is -1.89. The van der Waals surface area contributed by atoms with E-state index in [1.54, 1.807) is 11.8 Å². The molecule has 7 heteroatoms. The first-order valence-electron chi connectivity index (χ1n) is 8.21. The molecule has 0 aromatic heterocycles. The summed E-state index contributed by atoms with van der Waals surface area (Å²) in [6, 6.07) is 7.49. The van der Waals surface area contributed by atoms with E-state index < -0.39 is 9.84 Å². The highest BCUT2D eigenvalue weighted by Gasteiger charge is 2.36. The van der Waals surface area contributed by atoms with Gasteiger partial charge in [0.15, 0.2) is 15.6 Å². The number of piperazine rings is 1. The zero-order valence-corrected chi connectivity index (χ0v) is 14.6. The monoisotopic (exact) mass is 350 g/mol. The van der Waals surface area contributed by atoms with Crippen LogP contribution in [0.1, 0.15) is 23.7 Å². The third-order valence-corrected chi connectivity index (χ3v) is 6.58. The Morgan fingerprint density at radius 3 is 2.17 bits per heavy atom. The molecule has 24 heavy (non-hydrogen) atoms. The molecule has 0 N–H and O–H groups in total. The van der Waals surface area contributed by atoms with Crippen molar-refractivity contribution < 1.29 is 18.0 Å². The number of hydrogen-bond donors (Lipinski definition) is 0. The Balaban J connectivity index is 1.57. The zero-order valence-electron chi connectivity index (χ0n) is 13.8.